The van der Waals surface area contributed by atoms with Crippen LogP contribution in [0.15, 0.2) is 10.2 Å². The average molecular weight is 344 g/mol. The van der Waals surface area contributed by atoms with Crippen LogP contribution in [0.3, 0.4) is 0 Å². The maximum absolute atomic E-state index is 11.9. The van der Waals surface area contributed by atoms with Crippen molar-refractivity contribution in [2.75, 3.05) is 0 Å². The summed E-state index contributed by atoms with van der Waals surface area (Å²) in [4.78, 5) is 23.7. The van der Waals surface area contributed by atoms with Gasteiger partial charge < -0.3 is 0 Å². The molecule has 0 aromatic heterocycles. The Labute approximate surface area is 148 Å². The van der Waals surface area contributed by atoms with E-state index in [1.54, 1.807) is 0 Å². The van der Waals surface area contributed by atoms with Gasteiger partial charge in [0, 0.05) is 24.3 Å². The molecule has 25 heavy (non-hydrogen) atoms. The van der Waals surface area contributed by atoms with E-state index in [-0.39, 0.29) is 11.8 Å². The Morgan fingerprint density at radius 1 is 0.800 bits per heavy atom. The molecule has 4 aliphatic rings. The molecule has 0 radical (unpaired) electrons. The summed E-state index contributed by atoms with van der Waals surface area (Å²) in [6, 6.07) is 0. The highest BCUT2D eigenvalue weighted by Gasteiger charge is 2.37. The molecule has 0 aliphatic heterocycles. The van der Waals surface area contributed by atoms with Gasteiger partial charge >= 0.3 is 0 Å². The van der Waals surface area contributed by atoms with Crippen LogP contribution < -0.4 is 10.9 Å². The SMILES string of the molecule is O=C(CCCC(=O)NN=C1CC2CCC1C2)NN=C1CC2CCC1C2. The zero-order valence-electron chi connectivity index (χ0n) is 14.8. The van der Waals surface area contributed by atoms with Crippen LogP contribution in [-0.4, -0.2) is 23.2 Å². The third kappa shape index (κ3) is 3.93. The van der Waals surface area contributed by atoms with E-state index in [4.69, 9.17) is 0 Å². The molecule has 6 nitrogen and oxygen atoms in total. The standard InChI is InChI=1S/C19H28N4O2/c24-18(22-20-16-10-12-4-6-14(16)8-12)2-1-3-19(25)23-21-17-11-13-5-7-15(17)9-13/h12-15H,1-11H2,(H,22,24)(H,23,25). The third-order valence-electron chi connectivity index (χ3n) is 6.48. The van der Waals surface area contributed by atoms with Crippen LogP contribution in [0.5, 0.6) is 0 Å². The average Bonchev–Trinajstić information content (AvgIpc) is 3.38. The Kier molecular flexibility index (Phi) is 4.86. The molecule has 0 heterocycles. The monoisotopic (exact) mass is 344 g/mol. The number of hydrogen-bond acceptors (Lipinski definition) is 4. The van der Waals surface area contributed by atoms with Crippen molar-refractivity contribution in [2.24, 2.45) is 33.9 Å². The lowest BCUT2D eigenvalue weighted by Gasteiger charge is -2.12. The van der Waals surface area contributed by atoms with E-state index in [1.807, 2.05) is 0 Å². The van der Waals surface area contributed by atoms with Crippen LogP contribution in [0.25, 0.3) is 0 Å². The van der Waals surface area contributed by atoms with Gasteiger partial charge in [-0.3, -0.25) is 9.59 Å². The zero-order valence-corrected chi connectivity index (χ0v) is 14.8. The Morgan fingerprint density at radius 2 is 1.28 bits per heavy atom. The minimum absolute atomic E-state index is 0.0949. The number of hydrazone groups is 2. The molecule has 4 bridgehead atoms. The van der Waals surface area contributed by atoms with Gasteiger partial charge in [0.2, 0.25) is 11.8 Å². The van der Waals surface area contributed by atoms with E-state index in [9.17, 15) is 9.59 Å². The van der Waals surface area contributed by atoms with Crippen LogP contribution in [0.1, 0.15) is 70.6 Å². The van der Waals surface area contributed by atoms with Crippen molar-refractivity contribution in [1.82, 2.24) is 10.9 Å². The fraction of sp³-hybridized carbons (Fsp3) is 0.789. The largest absolute Gasteiger partial charge is 0.273 e. The molecule has 4 aliphatic carbocycles. The Morgan fingerprint density at radius 3 is 1.64 bits per heavy atom. The van der Waals surface area contributed by atoms with Gasteiger partial charge in [-0.25, -0.2) is 10.9 Å². The van der Waals surface area contributed by atoms with Crippen molar-refractivity contribution in [3.05, 3.63) is 0 Å². The number of carbonyl (C=O) groups is 2. The second kappa shape index (κ2) is 7.26. The van der Waals surface area contributed by atoms with Crippen molar-refractivity contribution in [2.45, 2.75) is 70.6 Å². The van der Waals surface area contributed by atoms with E-state index in [2.05, 4.69) is 21.1 Å². The van der Waals surface area contributed by atoms with Gasteiger partial charge in [0.25, 0.3) is 0 Å². The summed E-state index contributed by atoms with van der Waals surface area (Å²) in [5.74, 6) is 2.59. The molecule has 2 N–H and O–H groups in total. The zero-order chi connectivity index (χ0) is 17.2. The topological polar surface area (TPSA) is 82.9 Å². The summed E-state index contributed by atoms with van der Waals surface area (Å²) in [5, 5.41) is 8.62. The van der Waals surface area contributed by atoms with E-state index >= 15 is 0 Å². The Bertz CT molecular complexity index is 561. The number of nitrogens with zero attached hydrogens (tertiary/aromatic N) is 2. The normalized spacial score (nSPS) is 35.7. The molecule has 2 amide bonds. The van der Waals surface area contributed by atoms with Gasteiger partial charge in [-0.1, -0.05) is 0 Å². The predicted molar refractivity (Wildman–Crippen MR) is 95.9 cm³/mol. The summed E-state index contributed by atoms with van der Waals surface area (Å²) in [7, 11) is 0. The Hall–Kier alpha value is -1.72. The molecular formula is C19H28N4O2. The van der Waals surface area contributed by atoms with Gasteiger partial charge in [-0.15, -0.1) is 0 Å². The van der Waals surface area contributed by atoms with Crippen LogP contribution in [-0.2, 0) is 9.59 Å². The van der Waals surface area contributed by atoms with Gasteiger partial charge in [-0.05, 0) is 81.5 Å². The lowest BCUT2D eigenvalue weighted by Crippen LogP contribution is -2.23. The molecule has 0 aromatic rings. The first-order valence-corrected chi connectivity index (χ1v) is 9.88. The highest BCUT2D eigenvalue weighted by molar-refractivity contribution is 5.91. The molecule has 6 heteroatoms. The molecule has 136 valence electrons. The summed E-state index contributed by atoms with van der Waals surface area (Å²) >= 11 is 0. The van der Waals surface area contributed by atoms with Gasteiger partial charge in [-0.2, -0.15) is 10.2 Å². The molecular weight excluding hydrogens is 316 g/mol. The van der Waals surface area contributed by atoms with Gasteiger partial charge in [0.05, 0.1) is 0 Å². The molecule has 4 atom stereocenters. The molecule has 4 rings (SSSR count). The minimum atomic E-state index is -0.0949. The smallest absolute Gasteiger partial charge is 0.240 e. The second-order valence-corrected chi connectivity index (χ2v) is 8.29. The predicted octanol–water partition coefficient (Wildman–Crippen LogP) is 2.74. The van der Waals surface area contributed by atoms with Crippen LogP contribution >= 0.6 is 0 Å². The van der Waals surface area contributed by atoms with Gasteiger partial charge in [0.15, 0.2) is 0 Å². The summed E-state index contributed by atoms with van der Waals surface area (Å²) in [5.41, 5.74) is 7.68. The summed E-state index contributed by atoms with van der Waals surface area (Å²) < 4.78 is 0. The van der Waals surface area contributed by atoms with Gasteiger partial charge in [0.1, 0.15) is 0 Å². The molecule has 0 spiro atoms. The van der Waals surface area contributed by atoms with Crippen molar-refractivity contribution < 1.29 is 9.59 Å². The Balaban J connectivity index is 1.12. The first-order valence-electron chi connectivity index (χ1n) is 9.88. The highest BCUT2D eigenvalue weighted by atomic mass is 16.2. The minimum Gasteiger partial charge on any atom is -0.273 e. The number of fused-ring (bicyclic) bond motifs is 4. The number of nitrogens with one attached hydrogen (secondary N) is 2. The van der Waals surface area contributed by atoms with Crippen molar-refractivity contribution in [3.8, 4) is 0 Å². The molecule has 4 unspecified atom stereocenters. The maximum atomic E-state index is 11.9. The van der Waals surface area contributed by atoms with Crippen molar-refractivity contribution in [3.63, 3.8) is 0 Å². The maximum Gasteiger partial charge on any atom is 0.240 e. The van der Waals surface area contributed by atoms with Crippen LogP contribution in [0.4, 0.5) is 0 Å². The summed E-state index contributed by atoms with van der Waals surface area (Å²) in [6.07, 6.45) is 10.9. The van der Waals surface area contributed by atoms with Crippen LogP contribution in [0.2, 0.25) is 0 Å². The first-order chi connectivity index (χ1) is 12.2. The second-order valence-electron chi connectivity index (χ2n) is 8.29. The van der Waals surface area contributed by atoms with Crippen LogP contribution in [0, 0.1) is 23.7 Å². The lowest BCUT2D eigenvalue weighted by molar-refractivity contribution is -0.122. The number of rotatable bonds is 6. The van der Waals surface area contributed by atoms with Crippen molar-refractivity contribution in [1.29, 1.82) is 0 Å². The van der Waals surface area contributed by atoms with E-state index < -0.39 is 0 Å². The molecule has 0 aromatic carbocycles. The fourth-order valence-corrected chi connectivity index (χ4v) is 5.11. The first kappa shape index (κ1) is 16.7. The van der Waals surface area contributed by atoms with E-state index in [1.165, 1.54) is 49.9 Å². The highest BCUT2D eigenvalue weighted by Crippen LogP contribution is 2.43. The number of amides is 2. The number of carbonyl (C=O) groups excluding carboxylic acids is 2. The molecule has 0 saturated heterocycles. The summed E-state index contributed by atoms with van der Waals surface area (Å²) in [6.45, 7) is 0. The number of hydrogen-bond donors (Lipinski definition) is 2. The fourth-order valence-electron chi connectivity index (χ4n) is 5.11. The van der Waals surface area contributed by atoms with E-state index in [0.717, 1.165) is 24.7 Å². The van der Waals surface area contributed by atoms with E-state index in [0.29, 0.717) is 31.1 Å². The lowest BCUT2D eigenvalue weighted by atomic mass is 9.99. The third-order valence-corrected chi connectivity index (χ3v) is 6.48. The molecule has 4 saturated carbocycles. The van der Waals surface area contributed by atoms with Crippen molar-refractivity contribution >= 4 is 23.2 Å². The molecule has 4 fully saturated rings. The quantitative estimate of drug-likeness (QED) is 0.726.